The molecule has 4 aromatic rings. The Hall–Kier alpha value is -2.92. The number of aromatic nitrogens is 3. The molecule has 0 aliphatic heterocycles. The van der Waals surface area contributed by atoms with E-state index in [9.17, 15) is 4.79 Å². The van der Waals surface area contributed by atoms with Crippen molar-refractivity contribution in [1.29, 1.82) is 0 Å². The van der Waals surface area contributed by atoms with Gasteiger partial charge in [-0.25, -0.2) is 4.98 Å². The Morgan fingerprint density at radius 1 is 1.07 bits per heavy atom. The van der Waals surface area contributed by atoms with E-state index in [4.69, 9.17) is 10.7 Å². The lowest BCUT2D eigenvalue weighted by molar-refractivity contribution is 0.376. The van der Waals surface area contributed by atoms with Crippen molar-refractivity contribution < 1.29 is 0 Å². The molecule has 1 fully saturated rings. The molecule has 2 aromatic carbocycles. The predicted octanol–water partition coefficient (Wildman–Crippen LogP) is 3.92. The third-order valence-electron chi connectivity index (χ3n) is 6.29. The molecule has 5 heteroatoms. The van der Waals surface area contributed by atoms with Crippen molar-refractivity contribution in [2.24, 2.45) is 12.8 Å². The number of hydrogen-bond donors (Lipinski definition) is 1. The first-order valence-corrected chi connectivity index (χ1v) is 10.4. The number of imidazole rings is 1. The Kier molecular flexibility index (Phi) is 4.47. The van der Waals surface area contributed by atoms with E-state index in [0.29, 0.717) is 18.0 Å². The summed E-state index contributed by atoms with van der Waals surface area (Å²) in [4.78, 5) is 18.5. The van der Waals surface area contributed by atoms with Gasteiger partial charge in [0.1, 0.15) is 16.9 Å². The van der Waals surface area contributed by atoms with Crippen LogP contribution in [0.5, 0.6) is 0 Å². The molecule has 2 atom stereocenters. The molecule has 2 N–H and O–H groups in total. The van der Waals surface area contributed by atoms with Crippen LogP contribution in [0.2, 0.25) is 0 Å². The molecule has 0 bridgehead atoms. The Morgan fingerprint density at radius 3 is 2.62 bits per heavy atom. The lowest BCUT2D eigenvalue weighted by Gasteiger charge is -2.26. The van der Waals surface area contributed by atoms with Crippen molar-refractivity contribution >= 4 is 21.9 Å². The van der Waals surface area contributed by atoms with Crippen LogP contribution in [0.25, 0.3) is 21.9 Å². The van der Waals surface area contributed by atoms with E-state index in [1.807, 2.05) is 43.4 Å². The normalized spacial score (nSPS) is 19.8. The molecule has 29 heavy (non-hydrogen) atoms. The summed E-state index contributed by atoms with van der Waals surface area (Å²) in [5, 5.41) is 1.03. The lowest BCUT2D eigenvalue weighted by Crippen LogP contribution is -2.28. The number of fused-ring (bicyclic) bond motifs is 3. The second-order valence-electron chi connectivity index (χ2n) is 8.24. The monoisotopic (exact) mass is 386 g/mol. The molecule has 0 radical (unpaired) electrons. The number of aryl methyl sites for hydroxylation is 1. The van der Waals surface area contributed by atoms with Crippen LogP contribution in [-0.2, 0) is 13.6 Å². The molecule has 148 valence electrons. The van der Waals surface area contributed by atoms with Crippen molar-refractivity contribution in [3.8, 4) is 0 Å². The van der Waals surface area contributed by atoms with Crippen LogP contribution < -0.4 is 11.3 Å². The minimum absolute atomic E-state index is 0.00786. The van der Waals surface area contributed by atoms with Gasteiger partial charge in [-0.3, -0.25) is 4.79 Å². The number of rotatable bonds is 3. The molecular weight excluding hydrogens is 360 g/mol. The molecule has 0 amide bonds. The average molecular weight is 386 g/mol. The molecule has 0 saturated heterocycles. The fourth-order valence-electron chi connectivity index (χ4n) is 4.81. The summed E-state index contributed by atoms with van der Waals surface area (Å²) in [7, 11) is 1.85. The van der Waals surface area contributed by atoms with Gasteiger partial charge in [-0.1, -0.05) is 55.0 Å². The van der Waals surface area contributed by atoms with E-state index < -0.39 is 0 Å². The maximum atomic E-state index is 13.4. The Bertz CT molecular complexity index is 1240. The second-order valence-corrected chi connectivity index (χ2v) is 8.24. The Balaban J connectivity index is 1.80. The smallest absolute Gasteiger partial charge is 0.276 e. The van der Waals surface area contributed by atoms with E-state index in [-0.39, 0.29) is 11.6 Å². The van der Waals surface area contributed by atoms with Gasteiger partial charge in [0, 0.05) is 30.9 Å². The maximum absolute atomic E-state index is 13.4. The Labute approximate surface area is 169 Å². The standard InChI is InChI=1S/C24H26N4O/c1-27-20-13-6-5-12-19(20)21-22(24(27)29)28(15-16-8-3-2-4-9-16)23(26-21)17-10-7-11-18(25)14-17/h2-6,8-9,12-13,17-18H,7,10-11,14-15,25H2,1H3/t17?,18-/m1/s1. The Morgan fingerprint density at radius 2 is 1.83 bits per heavy atom. The van der Waals surface area contributed by atoms with Gasteiger partial charge in [0.25, 0.3) is 5.56 Å². The van der Waals surface area contributed by atoms with Gasteiger partial charge < -0.3 is 14.9 Å². The third kappa shape index (κ3) is 3.06. The third-order valence-corrected chi connectivity index (χ3v) is 6.29. The number of benzene rings is 2. The summed E-state index contributed by atoms with van der Waals surface area (Å²) in [5.41, 5.74) is 9.91. The summed E-state index contributed by atoms with van der Waals surface area (Å²) in [6.45, 7) is 0.645. The second kappa shape index (κ2) is 7.16. The number of para-hydroxylation sites is 1. The van der Waals surface area contributed by atoms with Gasteiger partial charge in [-0.2, -0.15) is 0 Å². The number of pyridine rings is 1. The average Bonchev–Trinajstić information content (AvgIpc) is 3.12. The minimum Gasteiger partial charge on any atom is -0.328 e. The van der Waals surface area contributed by atoms with Crippen molar-refractivity contribution in [3.05, 3.63) is 76.3 Å². The number of hydrogen-bond acceptors (Lipinski definition) is 3. The quantitative estimate of drug-likeness (QED) is 0.580. The first-order valence-electron chi connectivity index (χ1n) is 10.4. The first kappa shape index (κ1) is 18.1. The molecular formula is C24H26N4O. The van der Waals surface area contributed by atoms with Crippen LogP contribution in [-0.4, -0.2) is 20.2 Å². The molecule has 1 saturated carbocycles. The van der Waals surface area contributed by atoms with Crippen molar-refractivity contribution in [2.45, 2.75) is 44.2 Å². The van der Waals surface area contributed by atoms with Gasteiger partial charge in [-0.05, 0) is 30.9 Å². The summed E-state index contributed by atoms with van der Waals surface area (Å²) in [5.74, 6) is 1.30. The minimum atomic E-state index is 0.00786. The van der Waals surface area contributed by atoms with Gasteiger partial charge >= 0.3 is 0 Å². The molecule has 2 heterocycles. The zero-order chi connectivity index (χ0) is 20.0. The molecule has 0 spiro atoms. The van der Waals surface area contributed by atoms with Gasteiger partial charge in [-0.15, -0.1) is 0 Å². The fourth-order valence-corrected chi connectivity index (χ4v) is 4.81. The summed E-state index contributed by atoms with van der Waals surface area (Å²) in [6, 6.07) is 18.5. The zero-order valence-electron chi connectivity index (χ0n) is 16.7. The SMILES string of the molecule is Cn1c(=O)c2c(nc(C3CCC[C@@H](N)C3)n2Cc2ccccc2)c2ccccc21. The molecule has 2 aromatic heterocycles. The van der Waals surface area contributed by atoms with Crippen molar-refractivity contribution in [2.75, 3.05) is 0 Å². The van der Waals surface area contributed by atoms with Crippen LogP contribution in [0.4, 0.5) is 0 Å². The van der Waals surface area contributed by atoms with E-state index in [2.05, 4.69) is 22.8 Å². The van der Waals surface area contributed by atoms with Gasteiger partial charge in [0.05, 0.1) is 5.52 Å². The van der Waals surface area contributed by atoms with Crippen molar-refractivity contribution in [3.63, 3.8) is 0 Å². The van der Waals surface area contributed by atoms with Crippen molar-refractivity contribution in [1.82, 2.24) is 14.1 Å². The molecule has 1 unspecified atom stereocenters. The van der Waals surface area contributed by atoms with Gasteiger partial charge in [0.2, 0.25) is 0 Å². The number of nitrogens with two attached hydrogens (primary N) is 1. The molecule has 1 aliphatic carbocycles. The summed E-state index contributed by atoms with van der Waals surface area (Å²) in [6.07, 6.45) is 4.18. The van der Waals surface area contributed by atoms with E-state index >= 15 is 0 Å². The van der Waals surface area contributed by atoms with Crippen LogP contribution in [0.3, 0.4) is 0 Å². The van der Waals surface area contributed by atoms with Crippen LogP contribution in [0.15, 0.2) is 59.4 Å². The zero-order valence-corrected chi connectivity index (χ0v) is 16.7. The molecule has 5 rings (SSSR count). The highest BCUT2D eigenvalue weighted by atomic mass is 16.1. The fraction of sp³-hybridized carbons (Fsp3) is 0.333. The predicted molar refractivity (Wildman–Crippen MR) is 117 cm³/mol. The van der Waals surface area contributed by atoms with Crippen LogP contribution >= 0.6 is 0 Å². The highest BCUT2D eigenvalue weighted by Gasteiger charge is 2.28. The molecule has 5 nitrogen and oxygen atoms in total. The van der Waals surface area contributed by atoms with Gasteiger partial charge in [0.15, 0.2) is 0 Å². The summed E-state index contributed by atoms with van der Waals surface area (Å²) < 4.78 is 3.90. The number of nitrogens with zero attached hydrogens (tertiary/aromatic N) is 3. The van der Waals surface area contributed by atoms with E-state index in [0.717, 1.165) is 47.9 Å². The summed E-state index contributed by atoms with van der Waals surface area (Å²) >= 11 is 0. The maximum Gasteiger partial charge on any atom is 0.276 e. The highest BCUT2D eigenvalue weighted by molar-refractivity contribution is 6.02. The molecule has 1 aliphatic rings. The van der Waals surface area contributed by atoms with Crippen LogP contribution in [0.1, 0.15) is 43.0 Å². The first-order chi connectivity index (χ1) is 14.1. The van der Waals surface area contributed by atoms with E-state index in [1.165, 1.54) is 5.56 Å². The lowest BCUT2D eigenvalue weighted by atomic mass is 9.85. The van der Waals surface area contributed by atoms with Crippen LogP contribution in [0, 0.1) is 0 Å². The van der Waals surface area contributed by atoms with E-state index in [1.54, 1.807) is 4.57 Å². The topological polar surface area (TPSA) is 65.8 Å². The largest absolute Gasteiger partial charge is 0.328 e. The highest BCUT2D eigenvalue weighted by Crippen LogP contribution is 2.34.